The second-order valence-corrected chi connectivity index (χ2v) is 3.09. The van der Waals surface area contributed by atoms with E-state index in [1.807, 2.05) is 6.07 Å². The summed E-state index contributed by atoms with van der Waals surface area (Å²) in [4.78, 5) is 11.5. The molecule has 0 amide bonds. The van der Waals surface area contributed by atoms with Crippen LogP contribution < -0.4 is 4.74 Å². The van der Waals surface area contributed by atoms with Gasteiger partial charge in [0.15, 0.2) is 5.92 Å². The summed E-state index contributed by atoms with van der Waals surface area (Å²) in [5.41, 5.74) is 0.613. The summed E-state index contributed by atoms with van der Waals surface area (Å²) in [6, 6.07) is 8.71. The normalized spacial score (nSPS) is 11.3. The van der Waals surface area contributed by atoms with E-state index in [0.29, 0.717) is 11.3 Å². The van der Waals surface area contributed by atoms with Gasteiger partial charge in [-0.05, 0) is 24.6 Å². The minimum absolute atomic E-state index is 0.271. The molecule has 0 N–H and O–H groups in total. The van der Waals surface area contributed by atoms with Crippen LogP contribution >= 0.6 is 0 Å². The van der Waals surface area contributed by atoms with Crippen molar-refractivity contribution in [3.63, 3.8) is 0 Å². The Hall–Kier alpha value is -2.02. The van der Waals surface area contributed by atoms with Crippen molar-refractivity contribution >= 4 is 5.97 Å². The van der Waals surface area contributed by atoms with Crippen LogP contribution in [0.5, 0.6) is 5.75 Å². The van der Waals surface area contributed by atoms with Crippen LogP contribution in [-0.4, -0.2) is 19.7 Å². The van der Waals surface area contributed by atoms with Gasteiger partial charge < -0.3 is 9.47 Å². The Kier molecular flexibility index (Phi) is 4.34. The standard InChI is InChI=1S/C12H13NO3/c1-3-16-12(14)11(8-13)9-4-6-10(15-2)7-5-9/h4-7,11H,3H2,1-2H3. The highest BCUT2D eigenvalue weighted by Crippen LogP contribution is 2.20. The van der Waals surface area contributed by atoms with E-state index in [9.17, 15) is 4.79 Å². The maximum Gasteiger partial charge on any atom is 0.327 e. The van der Waals surface area contributed by atoms with Crippen molar-refractivity contribution in [3.05, 3.63) is 29.8 Å². The fourth-order valence-electron chi connectivity index (χ4n) is 1.29. The van der Waals surface area contributed by atoms with Gasteiger partial charge in [0, 0.05) is 0 Å². The first-order valence-corrected chi connectivity index (χ1v) is 4.93. The molecule has 1 aromatic carbocycles. The SMILES string of the molecule is CCOC(=O)C(C#N)c1ccc(OC)cc1. The van der Waals surface area contributed by atoms with Gasteiger partial charge in [-0.25, -0.2) is 0 Å². The highest BCUT2D eigenvalue weighted by Gasteiger charge is 2.21. The molecule has 84 valence electrons. The van der Waals surface area contributed by atoms with Gasteiger partial charge >= 0.3 is 5.97 Å². The number of nitriles is 1. The number of nitrogens with zero attached hydrogens (tertiary/aromatic N) is 1. The number of rotatable bonds is 4. The molecule has 0 bridgehead atoms. The molecule has 0 aliphatic heterocycles. The molecular weight excluding hydrogens is 206 g/mol. The fraction of sp³-hybridized carbons (Fsp3) is 0.333. The van der Waals surface area contributed by atoms with E-state index >= 15 is 0 Å². The lowest BCUT2D eigenvalue weighted by Gasteiger charge is -2.08. The van der Waals surface area contributed by atoms with E-state index in [1.165, 1.54) is 0 Å². The number of hydrogen-bond donors (Lipinski definition) is 0. The molecule has 0 aromatic heterocycles. The van der Waals surface area contributed by atoms with E-state index < -0.39 is 11.9 Å². The summed E-state index contributed by atoms with van der Waals surface area (Å²) in [7, 11) is 1.56. The molecule has 1 rings (SSSR count). The van der Waals surface area contributed by atoms with E-state index in [1.54, 1.807) is 38.3 Å². The third-order valence-corrected chi connectivity index (χ3v) is 2.10. The monoisotopic (exact) mass is 219 g/mol. The average molecular weight is 219 g/mol. The van der Waals surface area contributed by atoms with Crippen LogP contribution in [0.15, 0.2) is 24.3 Å². The van der Waals surface area contributed by atoms with Gasteiger partial charge in [-0.15, -0.1) is 0 Å². The van der Waals surface area contributed by atoms with Crippen molar-refractivity contribution in [2.24, 2.45) is 0 Å². The molecular formula is C12H13NO3. The first kappa shape index (κ1) is 12.1. The van der Waals surface area contributed by atoms with Crippen molar-refractivity contribution in [2.45, 2.75) is 12.8 Å². The lowest BCUT2D eigenvalue weighted by atomic mass is 10.0. The second-order valence-electron chi connectivity index (χ2n) is 3.09. The molecule has 1 atom stereocenters. The number of methoxy groups -OCH3 is 1. The number of carbonyl (C=O) groups excluding carboxylic acids is 1. The summed E-state index contributed by atoms with van der Waals surface area (Å²) in [5.74, 6) is -0.703. The summed E-state index contributed by atoms with van der Waals surface area (Å²) in [5, 5.41) is 8.92. The molecule has 16 heavy (non-hydrogen) atoms. The molecule has 0 saturated carbocycles. The largest absolute Gasteiger partial charge is 0.497 e. The van der Waals surface area contributed by atoms with E-state index in [2.05, 4.69) is 0 Å². The van der Waals surface area contributed by atoms with Crippen molar-refractivity contribution in [1.29, 1.82) is 5.26 Å². The number of hydrogen-bond acceptors (Lipinski definition) is 4. The Labute approximate surface area is 94.4 Å². The first-order valence-electron chi connectivity index (χ1n) is 4.93. The molecule has 4 heteroatoms. The van der Waals surface area contributed by atoms with Gasteiger partial charge in [0.25, 0.3) is 0 Å². The third kappa shape index (κ3) is 2.74. The van der Waals surface area contributed by atoms with Crippen molar-refractivity contribution in [1.82, 2.24) is 0 Å². The number of esters is 1. The topological polar surface area (TPSA) is 59.3 Å². The summed E-state index contributed by atoms with van der Waals surface area (Å²) < 4.78 is 9.80. The average Bonchev–Trinajstić information content (AvgIpc) is 2.31. The number of benzene rings is 1. The molecule has 0 radical (unpaired) electrons. The summed E-state index contributed by atoms with van der Waals surface area (Å²) in [6.45, 7) is 1.98. The molecule has 0 spiro atoms. The zero-order chi connectivity index (χ0) is 12.0. The third-order valence-electron chi connectivity index (χ3n) is 2.10. The van der Waals surface area contributed by atoms with E-state index in [4.69, 9.17) is 14.7 Å². The molecule has 0 heterocycles. The molecule has 1 aromatic rings. The van der Waals surface area contributed by atoms with E-state index in [-0.39, 0.29) is 6.61 Å². The smallest absolute Gasteiger partial charge is 0.327 e. The van der Waals surface area contributed by atoms with Crippen LogP contribution in [0.2, 0.25) is 0 Å². The highest BCUT2D eigenvalue weighted by molar-refractivity contribution is 5.81. The minimum atomic E-state index is -0.870. The Bertz CT molecular complexity index is 392. The Morgan fingerprint density at radius 2 is 2.06 bits per heavy atom. The number of ether oxygens (including phenoxy) is 2. The van der Waals surface area contributed by atoms with Crippen molar-refractivity contribution < 1.29 is 14.3 Å². The second kappa shape index (κ2) is 5.76. The quantitative estimate of drug-likeness (QED) is 0.725. The maximum atomic E-state index is 11.5. The predicted molar refractivity (Wildman–Crippen MR) is 58.0 cm³/mol. The molecule has 0 saturated heterocycles. The molecule has 0 aliphatic rings. The van der Waals surface area contributed by atoms with Crippen molar-refractivity contribution in [3.8, 4) is 11.8 Å². The Morgan fingerprint density at radius 1 is 1.44 bits per heavy atom. The van der Waals surface area contributed by atoms with E-state index in [0.717, 1.165) is 0 Å². The molecule has 0 fully saturated rings. The van der Waals surface area contributed by atoms with Crippen molar-refractivity contribution in [2.75, 3.05) is 13.7 Å². The highest BCUT2D eigenvalue weighted by atomic mass is 16.5. The molecule has 0 aliphatic carbocycles. The zero-order valence-corrected chi connectivity index (χ0v) is 9.27. The molecule has 4 nitrogen and oxygen atoms in total. The lowest BCUT2D eigenvalue weighted by molar-refractivity contribution is -0.143. The number of carbonyl (C=O) groups is 1. The van der Waals surface area contributed by atoms with Crippen LogP contribution in [0.1, 0.15) is 18.4 Å². The van der Waals surface area contributed by atoms with Gasteiger partial charge in [0.1, 0.15) is 5.75 Å². The minimum Gasteiger partial charge on any atom is -0.497 e. The molecule has 1 unspecified atom stereocenters. The van der Waals surface area contributed by atoms with Gasteiger partial charge in [-0.3, -0.25) is 4.79 Å². The van der Waals surface area contributed by atoms with Gasteiger partial charge in [0.05, 0.1) is 19.8 Å². The van der Waals surface area contributed by atoms with Crippen LogP contribution in [0.3, 0.4) is 0 Å². The van der Waals surface area contributed by atoms with Crippen LogP contribution in [0, 0.1) is 11.3 Å². The predicted octanol–water partition coefficient (Wildman–Crippen LogP) is 1.87. The lowest BCUT2D eigenvalue weighted by Crippen LogP contribution is -2.14. The van der Waals surface area contributed by atoms with Gasteiger partial charge in [-0.1, -0.05) is 12.1 Å². The van der Waals surface area contributed by atoms with Crippen LogP contribution in [0.25, 0.3) is 0 Å². The summed E-state index contributed by atoms with van der Waals surface area (Å²) in [6.07, 6.45) is 0. The Morgan fingerprint density at radius 3 is 2.50 bits per heavy atom. The van der Waals surface area contributed by atoms with Gasteiger partial charge in [0.2, 0.25) is 0 Å². The van der Waals surface area contributed by atoms with Gasteiger partial charge in [-0.2, -0.15) is 5.26 Å². The fourth-order valence-corrected chi connectivity index (χ4v) is 1.29. The first-order chi connectivity index (χ1) is 7.72. The Balaban J connectivity index is 2.88. The maximum absolute atomic E-state index is 11.5. The van der Waals surface area contributed by atoms with Crippen LogP contribution in [-0.2, 0) is 9.53 Å². The summed E-state index contributed by atoms with van der Waals surface area (Å²) >= 11 is 0. The zero-order valence-electron chi connectivity index (χ0n) is 9.27. The van der Waals surface area contributed by atoms with Crippen LogP contribution in [0.4, 0.5) is 0 Å².